The molecule has 2 aliphatic carbocycles. The molecule has 0 saturated heterocycles. The number of nitrogens with zero attached hydrogens (tertiary/aromatic N) is 1. The second kappa shape index (κ2) is 7.51. The van der Waals surface area contributed by atoms with Gasteiger partial charge in [0.15, 0.2) is 11.6 Å². The standard InChI is InChI=1S/C24H23NO4S/c1-3-13-6-7-17(29-24-25-19-9-8-16(28-2)12-20(19)30-24)11-18(13)21-22(26)14-4-5-15(10-14)23(21)27/h6-9,11-12,14-15,21H,3-5,10H2,1-2H3. The van der Waals surface area contributed by atoms with E-state index in [9.17, 15) is 9.59 Å². The predicted molar refractivity (Wildman–Crippen MR) is 116 cm³/mol. The van der Waals surface area contributed by atoms with E-state index in [1.807, 2.05) is 43.3 Å². The second-order valence-corrected chi connectivity index (χ2v) is 9.07. The maximum absolute atomic E-state index is 13.0. The number of carbonyl (C=O) groups is 2. The van der Waals surface area contributed by atoms with Crippen LogP contribution in [0.25, 0.3) is 10.2 Å². The van der Waals surface area contributed by atoms with Crippen molar-refractivity contribution in [1.82, 2.24) is 4.98 Å². The normalized spacial score (nSPS) is 23.2. The van der Waals surface area contributed by atoms with E-state index >= 15 is 0 Å². The summed E-state index contributed by atoms with van der Waals surface area (Å²) in [5, 5.41) is 0.523. The summed E-state index contributed by atoms with van der Waals surface area (Å²) in [7, 11) is 1.64. The van der Waals surface area contributed by atoms with Crippen molar-refractivity contribution in [3.63, 3.8) is 0 Å². The van der Waals surface area contributed by atoms with Gasteiger partial charge in [0.25, 0.3) is 5.19 Å². The molecule has 5 rings (SSSR count). The molecule has 2 atom stereocenters. The number of benzene rings is 2. The van der Waals surface area contributed by atoms with Crippen LogP contribution >= 0.6 is 11.3 Å². The minimum Gasteiger partial charge on any atom is -0.497 e. The van der Waals surface area contributed by atoms with Crippen molar-refractivity contribution in [2.75, 3.05) is 7.11 Å². The van der Waals surface area contributed by atoms with Gasteiger partial charge in [0.2, 0.25) is 0 Å². The molecule has 1 heterocycles. The Labute approximate surface area is 179 Å². The number of carbonyl (C=O) groups excluding carboxylic acids is 2. The van der Waals surface area contributed by atoms with Crippen molar-refractivity contribution in [3.8, 4) is 16.7 Å². The van der Waals surface area contributed by atoms with Crippen molar-refractivity contribution in [2.24, 2.45) is 11.8 Å². The lowest BCUT2D eigenvalue weighted by Crippen LogP contribution is -2.35. The number of thiazole rings is 1. The fourth-order valence-corrected chi connectivity index (χ4v) is 5.66. The molecule has 2 fully saturated rings. The minimum absolute atomic E-state index is 0.0335. The molecule has 30 heavy (non-hydrogen) atoms. The third-order valence-electron chi connectivity index (χ3n) is 6.40. The highest BCUT2D eigenvalue weighted by Crippen LogP contribution is 2.45. The van der Waals surface area contributed by atoms with E-state index < -0.39 is 5.92 Å². The lowest BCUT2D eigenvalue weighted by atomic mass is 9.74. The lowest BCUT2D eigenvalue weighted by molar-refractivity contribution is -0.135. The highest BCUT2D eigenvalue weighted by Gasteiger charge is 2.47. The molecule has 1 aromatic heterocycles. The van der Waals surface area contributed by atoms with E-state index in [2.05, 4.69) is 4.98 Å². The van der Waals surface area contributed by atoms with Gasteiger partial charge in [0.05, 0.1) is 17.3 Å². The van der Waals surface area contributed by atoms with Gasteiger partial charge < -0.3 is 9.47 Å². The summed E-state index contributed by atoms with van der Waals surface area (Å²) < 4.78 is 12.3. The highest BCUT2D eigenvalue weighted by molar-refractivity contribution is 7.20. The van der Waals surface area contributed by atoms with Crippen molar-refractivity contribution in [2.45, 2.75) is 38.5 Å². The summed E-state index contributed by atoms with van der Waals surface area (Å²) in [6.07, 6.45) is 3.20. The van der Waals surface area contributed by atoms with E-state index in [0.717, 1.165) is 52.8 Å². The molecule has 2 unspecified atom stereocenters. The number of Topliss-reactive ketones (excluding diaryl/α,β-unsaturated/α-hetero) is 2. The Morgan fingerprint density at radius 1 is 1.03 bits per heavy atom. The zero-order valence-corrected chi connectivity index (χ0v) is 17.8. The molecule has 154 valence electrons. The molecular formula is C24H23NO4S. The molecule has 2 aliphatic rings. The van der Waals surface area contributed by atoms with Gasteiger partial charge in [-0.05, 0) is 67.1 Å². The van der Waals surface area contributed by atoms with Crippen molar-refractivity contribution >= 4 is 33.1 Å². The third-order valence-corrected chi connectivity index (χ3v) is 7.29. The average Bonchev–Trinajstić information content (AvgIpc) is 3.37. The van der Waals surface area contributed by atoms with Crippen LogP contribution in [0.2, 0.25) is 0 Å². The maximum Gasteiger partial charge on any atom is 0.279 e. The fourth-order valence-electron chi connectivity index (χ4n) is 4.80. The first-order valence-electron chi connectivity index (χ1n) is 10.4. The maximum atomic E-state index is 13.0. The zero-order chi connectivity index (χ0) is 20.8. The monoisotopic (exact) mass is 421 g/mol. The first kappa shape index (κ1) is 19.2. The van der Waals surface area contributed by atoms with Crippen LogP contribution in [0.15, 0.2) is 36.4 Å². The first-order chi connectivity index (χ1) is 14.6. The number of aryl methyl sites for hydroxylation is 1. The Morgan fingerprint density at radius 3 is 2.47 bits per heavy atom. The largest absolute Gasteiger partial charge is 0.497 e. The Hall–Kier alpha value is -2.73. The van der Waals surface area contributed by atoms with E-state index in [1.165, 1.54) is 11.3 Å². The average molecular weight is 422 g/mol. The first-order valence-corrected chi connectivity index (χ1v) is 11.2. The second-order valence-electron chi connectivity index (χ2n) is 8.07. The smallest absolute Gasteiger partial charge is 0.279 e. The van der Waals surface area contributed by atoms with Crippen LogP contribution < -0.4 is 9.47 Å². The van der Waals surface area contributed by atoms with E-state index in [4.69, 9.17) is 9.47 Å². The fraction of sp³-hybridized carbons (Fsp3) is 0.375. The Morgan fingerprint density at radius 2 is 1.77 bits per heavy atom. The number of ketones is 2. The van der Waals surface area contributed by atoms with Gasteiger partial charge in [-0.2, -0.15) is 0 Å². The van der Waals surface area contributed by atoms with Gasteiger partial charge in [-0.15, -0.1) is 0 Å². The third kappa shape index (κ3) is 3.19. The van der Waals surface area contributed by atoms with Crippen LogP contribution in [0, 0.1) is 11.8 Å². The SMILES string of the molecule is CCc1ccc(Oc2nc3ccc(OC)cc3s2)cc1C1C(=O)C2CCC(C2)C1=O. The molecule has 2 saturated carbocycles. The van der Waals surface area contributed by atoms with Gasteiger partial charge in [-0.3, -0.25) is 9.59 Å². The molecular weight excluding hydrogens is 398 g/mol. The van der Waals surface area contributed by atoms with Gasteiger partial charge in [-0.25, -0.2) is 4.98 Å². The van der Waals surface area contributed by atoms with Gasteiger partial charge in [0, 0.05) is 11.8 Å². The molecule has 2 aromatic carbocycles. The molecule has 0 aliphatic heterocycles. The van der Waals surface area contributed by atoms with E-state index in [1.54, 1.807) is 7.11 Å². The summed E-state index contributed by atoms with van der Waals surface area (Å²) in [6, 6.07) is 11.4. The summed E-state index contributed by atoms with van der Waals surface area (Å²) in [5.41, 5.74) is 2.68. The van der Waals surface area contributed by atoms with E-state index in [0.29, 0.717) is 10.9 Å². The minimum atomic E-state index is -0.644. The van der Waals surface area contributed by atoms with Gasteiger partial charge >= 0.3 is 0 Å². The van der Waals surface area contributed by atoms with Crippen LogP contribution in [0.5, 0.6) is 16.7 Å². The number of hydrogen-bond acceptors (Lipinski definition) is 6. The number of fused-ring (bicyclic) bond motifs is 3. The number of ether oxygens (including phenoxy) is 2. The molecule has 3 aromatic rings. The molecule has 6 heteroatoms. The van der Waals surface area contributed by atoms with Gasteiger partial charge in [-0.1, -0.05) is 24.3 Å². The van der Waals surface area contributed by atoms with Crippen LogP contribution in [0.3, 0.4) is 0 Å². The molecule has 0 radical (unpaired) electrons. The van der Waals surface area contributed by atoms with E-state index in [-0.39, 0.29) is 23.4 Å². The molecule has 5 nitrogen and oxygen atoms in total. The van der Waals surface area contributed by atoms with Crippen molar-refractivity contribution in [1.29, 1.82) is 0 Å². The van der Waals surface area contributed by atoms with Crippen molar-refractivity contribution < 1.29 is 19.1 Å². The van der Waals surface area contributed by atoms with Crippen LogP contribution in [-0.2, 0) is 16.0 Å². The number of rotatable bonds is 5. The molecule has 0 N–H and O–H groups in total. The molecule has 0 spiro atoms. The van der Waals surface area contributed by atoms with Crippen LogP contribution in [-0.4, -0.2) is 23.7 Å². The van der Waals surface area contributed by atoms with Crippen LogP contribution in [0.1, 0.15) is 43.2 Å². The van der Waals surface area contributed by atoms with Gasteiger partial charge in [0.1, 0.15) is 17.4 Å². The zero-order valence-electron chi connectivity index (χ0n) is 17.0. The highest BCUT2D eigenvalue weighted by atomic mass is 32.1. The quantitative estimate of drug-likeness (QED) is 0.522. The summed E-state index contributed by atoms with van der Waals surface area (Å²) >= 11 is 1.44. The summed E-state index contributed by atoms with van der Waals surface area (Å²) in [4.78, 5) is 30.6. The van der Waals surface area contributed by atoms with Crippen molar-refractivity contribution in [3.05, 3.63) is 47.5 Å². The number of hydrogen-bond donors (Lipinski definition) is 0. The Kier molecular flexibility index (Phi) is 4.82. The lowest BCUT2D eigenvalue weighted by Gasteiger charge is -2.27. The Balaban J connectivity index is 1.49. The summed E-state index contributed by atoms with van der Waals surface area (Å²) in [6.45, 7) is 2.05. The Bertz CT molecular complexity index is 1130. The topological polar surface area (TPSA) is 65.5 Å². The number of methoxy groups -OCH3 is 1. The molecule has 2 bridgehead atoms. The van der Waals surface area contributed by atoms with Crippen LogP contribution in [0.4, 0.5) is 0 Å². The molecule has 0 amide bonds. The number of aromatic nitrogens is 1. The summed E-state index contributed by atoms with van der Waals surface area (Å²) in [5.74, 6) is 0.982. The predicted octanol–water partition coefficient (Wildman–Crippen LogP) is 5.31.